The number of alkyl halides is 1. The molecular formula is C14H18BrO2. The summed E-state index contributed by atoms with van der Waals surface area (Å²) in [7, 11) is 1.42. The zero-order valence-electron chi connectivity index (χ0n) is 10.2. The first-order chi connectivity index (χ1) is 8.29. The van der Waals surface area contributed by atoms with Crippen LogP contribution in [0.4, 0.5) is 0 Å². The van der Waals surface area contributed by atoms with Gasteiger partial charge in [-0.05, 0) is 37.0 Å². The summed E-state index contributed by atoms with van der Waals surface area (Å²) >= 11 is 3.42. The Kier molecular flexibility index (Phi) is 6.94. The van der Waals surface area contributed by atoms with Crippen molar-refractivity contribution in [3.05, 3.63) is 35.4 Å². The lowest BCUT2D eigenvalue weighted by molar-refractivity contribution is 0.0599. The van der Waals surface area contributed by atoms with E-state index >= 15 is 0 Å². The van der Waals surface area contributed by atoms with E-state index in [1.54, 1.807) is 12.1 Å². The Morgan fingerprint density at radius 2 is 2.12 bits per heavy atom. The van der Waals surface area contributed by atoms with Crippen LogP contribution in [-0.2, 0) is 11.2 Å². The number of benzene rings is 1. The van der Waals surface area contributed by atoms with Crippen molar-refractivity contribution < 1.29 is 9.53 Å². The van der Waals surface area contributed by atoms with Gasteiger partial charge < -0.3 is 4.74 Å². The predicted octanol–water partition coefficient (Wildman–Crippen LogP) is 3.77. The molecule has 0 aliphatic rings. The summed E-state index contributed by atoms with van der Waals surface area (Å²) in [5, 5.41) is 1.07. The maximum atomic E-state index is 11.5. The highest BCUT2D eigenvalue weighted by atomic mass is 79.9. The van der Waals surface area contributed by atoms with E-state index in [4.69, 9.17) is 4.74 Å². The molecule has 17 heavy (non-hydrogen) atoms. The van der Waals surface area contributed by atoms with Crippen molar-refractivity contribution in [3.63, 3.8) is 0 Å². The standard InChI is InChI=1S/C14H18BrO2/c1-17-14(16)13-10-6-5-9-12(13)8-4-2-3-7-11-15/h6,9-10H,2-4,7-8,11H2,1H3. The average Bonchev–Trinajstić information content (AvgIpc) is 2.38. The van der Waals surface area contributed by atoms with Crippen molar-refractivity contribution in [2.75, 3.05) is 12.4 Å². The molecule has 0 fully saturated rings. The third-order valence-electron chi connectivity index (χ3n) is 2.68. The van der Waals surface area contributed by atoms with Gasteiger partial charge in [0.05, 0.1) is 12.7 Å². The maximum Gasteiger partial charge on any atom is 0.338 e. The monoisotopic (exact) mass is 297 g/mol. The number of carbonyl (C=O) groups excluding carboxylic acids is 1. The van der Waals surface area contributed by atoms with Crippen molar-refractivity contribution >= 4 is 21.9 Å². The number of methoxy groups -OCH3 is 1. The van der Waals surface area contributed by atoms with Crippen molar-refractivity contribution in [3.8, 4) is 0 Å². The third-order valence-corrected chi connectivity index (χ3v) is 3.25. The Morgan fingerprint density at radius 3 is 2.82 bits per heavy atom. The lowest BCUT2D eigenvalue weighted by Crippen LogP contribution is -2.05. The van der Waals surface area contributed by atoms with Crippen LogP contribution < -0.4 is 0 Å². The van der Waals surface area contributed by atoms with Crippen LogP contribution in [-0.4, -0.2) is 18.4 Å². The molecular weight excluding hydrogens is 280 g/mol. The molecule has 1 rings (SSSR count). The molecule has 93 valence electrons. The summed E-state index contributed by atoms with van der Waals surface area (Å²) in [5.41, 5.74) is 1.71. The van der Waals surface area contributed by atoms with Crippen molar-refractivity contribution in [1.29, 1.82) is 0 Å². The predicted molar refractivity (Wildman–Crippen MR) is 72.6 cm³/mol. The number of unbranched alkanes of at least 4 members (excludes halogenated alkanes) is 3. The average molecular weight is 298 g/mol. The molecule has 3 heteroatoms. The minimum absolute atomic E-state index is 0.255. The first kappa shape index (κ1) is 14.2. The Hall–Kier alpha value is -0.830. The summed E-state index contributed by atoms with van der Waals surface area (Å²) in [6.45, 7) is 0. The van der Waals surface area contributed by atoms with Crippen molar-refractivity contribution in [1.82, 2.24) is 0 Å². The molecule has 1 aromatic carbocycles. The smallest absolute Gasteiger partial charge is 0.338 e. The van der Waals surface area contributed by atoms with Gasteiger partial charge in [-0.3, -0.25) is 0 Å². The number of hydrogen-bond donors (Lipinski definition) is 0. The first-order valence-corrected chi connectivity index (χ1v) is 7.05. The molecule has 0 saturated heterocycles. The van der Waals surface area contributed by atoms with E-state index in [9.17, 15) is 4.79 Å². The molecule has 0 aromatic heterocycles. The number of aryl methyl sites for hydroxylation is 1. The highest BCUT2D eigenvalue weighted by molar-refractivity contribution is 9.09. The topological polar surface area (TPSA) is 26.3 Å². The summed E-state index contributed by atoms with van der Waals surface area (Å²) in [6.07, 6.45) is 5.67. The van der Waals surface area contributed by atoms with Crippen molar-refractivity contribution in [2.24, 2.45) is 0 Å². The fraction of sp³-hybridized carbons (Fsp3) is 0.500. The second-order valence-corrected chi connectivity index (χ2v) is 4.72. The molecule has 0 bridgehead atoms. The van der Waals surface area contributed by atoms with Crippen molar-refractivity contribution in [2.45, 2.75) is 32.1 Å². The molecule has 0 heterocycles. The Morgan fingerprint density at radius 1 is 1.35 bits per heavy atom. The summed E-state index contributed by atoms with van der Waals surface area (Å²) in [6, 6.07) is 8.43. The molecule has 0 amide bonds. The molecule has 0 aliphatic carbocycles. The molecule has 2 nitrogen and oxygen atoms in total. The summed E-state index contributed by atoms with van der Waals surface area (Å²) in [5.74, 6) is -0.255. The van der Waals surface area contributed by atoms with Gasteiger partial charge in [-0.25, -0.2) is 4.79 Å². The van der Waals surface area contributed by atoms with Crippen LogP contribution in [0.15, 0.2) is 18.2 Å². The second-order valence-electron chi connectivity index (χ2n) is 3.93. The molecule has 0 saturated carbocycles. The summed E-state index contributed by atoms with van der Waals surface area (Å²) in [4.78, 5) is 11.5. The van der Waals surface area contributed by atoms with Crippen LogP contribution in [0, 0.1) is 6.07 Å². The van der Waals surface area contributed by atoms with E-state index in [1.165, 1.54) is 26.4 Å². The lowest BCUT2D eigenvalue weighted by atomic mass is 10.0. The van der Waals surface area contributed by atoms with Crippen LogP contribution in [0.3, 0.4) is 0 Å². The molecule has 0 unspecified atom stereocenters. The van der Waals surface area contributed by atoms with Gasteiger partial charge >= 0.3 is 5.97 Å². The van der Waals surface area contributed by atoms with E-state index in [2.05, 4.69) is 22.0 Å². The maximum absolute atomic E-state index is 11.5. The fourth-order valence-corrected chi connectivity index (χ4v) is 2.14. The van der Waals surface area contributed by atoms with Crippen LogP contribution in [0.5, 0.6) is 0 Å². The number of ether oxygens (including phenoxy) is 1. The first-order valence-electron chi connectivity index (χ1n) is 5.93. The SMILES string of the molecule is COC(=O)c1cc[c]cc1CCCCCCBr. The zero-order valence-corrected chi connectivity index (χ0v) is 11.8. The molecule has 0 N–H and O–H groups in total. The number of rotatable bonds is 7. The highest BCUT2D eigenvalue weighted by Crippen LogP contribution is 2.14. The van der Waals surface area contributed by atoms with E-state index in [-0.39, 0.29) is 5.97 Å². The van der Waals surface area contributed by atoms with Gasteiger partial charge in [-0.15, -0.1) is 0 Å². The van der Waals surface area contributed by atoms with E-state index < -0.39 is 0 Å². The number of esters is 1. The van der Waals surface area contributed by atoms with E-state index in [0.717, 1.165) is 23.7 Å². The minimum Gasteiger partial charge on any atom is -0.465 e. The van der Waals surface area contributed by atoms with Gasteiger partial charge in [0.1, 0.15) is 0 Å². The van der Waals surface area contributed by atoms with Crippen LogP contribution in [0.2, 0.25) is 0 Å². The normalized spacial score (nSPS) is 10.2. The Bertz CT molecular complexity index is 350. The molecule has 0 spiro atoms. The number of hydrogen-bond acceptors (Lipinski definition) is 2. The van der Waals surface area contributed by atoms with Crippen LogP contribution in [0.25, 0.3) is 0 Å². The van der Waals surface area contributed by atoms with Gasteiger partial charge in [0, 0.05) is 5.33 Å². The van der Waals surface area contributed by atoms with Gasteiger partial charge in [-0.1, -0.05) is 40.9 Å². The van der Waals surface area contributed by atoms with Crippen LogP contribution >= 0.6 is 15.9 Å². The van der Waals surface area contributed by atoms with E-state index in [0.29, 0.717) is 5.56 Å². The summed E-state index contributed by atoms with van der Waals surface area (Å²) < 4.78 is 4.76. The van der Waals surface area contributed by atoms with Crippen LogP contribution in [0.1, 0.15) is 41.6 Å². The Labute approximate surface area is 111 Å². The molecule has 1 radical (unpaired) electrons. The largest absolute Gasteiger partial charge is 0.465 e. The van der Waals surface area contributed by atoms with Gasteiger partial charge in [-0.2, -0.15) is 0 Å². The molecule has 1 aromatic rings. The van der Waals surface area contributed by atoms with Gasteiger partial charge in [0.25, 0.3) is 0 Å². The van der Waals surface area contributed by atoms with Gasteiger partial charge in [0.15, 0.2) is 0 Å². The number of carbonyl (C=O) groups is 1. The molecule has 0 aliphatic heterocycles. The zero-order chi connectivity index (χ0) is 12.5. The number of halogens is 1. The highest BCUT2D eigenvalue weighted by Gasteiger charge is 2.10. The van der Waals surface area contributed by atoms with E-state index in [1.807, 2.05) is 6.07 Å². The van der Waals surface area contributed by atoms with Gasteiger partial charge in [0.2, 0.25) is 0 Å². The second kappa shape index (κ2) is 8.29. The molecule has 0 atom stereocenters. The third kappa shape index (κ3) is 4.90. The fourth-order valence-electron chi connectivity index (χ4n) is 1.74. The Balaban J connectivity index is 2.49. The minimum atomic E-state index is -0.255. The lowest BCUT2D eigenvalue weighted by Gasteiger charge is -2.07. The quantitative estimate of drug-likeness (QED) is 0.435.